The first-order valence-electron chi connectivity index (χ1n) is 5.38. The number of hydrogen-bond donors (Lipinski definition) is 4. The van der Waals surface area contributed by atoms with Gasteiger partial charge < -0.3 is 16.2 Å². The minimum Gasteiger partial charge on any atom is -0.481 e. The second kappa shape index (κ2) is 7.29. The maximum absolute atomic E-state index is 11.4. The van der Waals surface area contributed by atoms with Crippen molar-refractivity contribution in [1.29, 1.82) is 0 Å². The monoisotopic (exact) mass is 282 g/mol. The lowest BCUT2D eigenvalue weighted by atomic mass is 9.97. The van der Waals surface area contributed by atoms with E-state index in [2.05, 4.69) is 5.32 Å². The maximum atomic E-state index is 11.4. The Balaban J connectivity index is 4.14. The topological polar surface area (TPSA) is 147 Å². The Morgan fingerprint density at radius 1 is 1.39 bits per heavy atom. The number of hydrogen-bond acceptors (Lipinski definition) is 5. The molecule has 0 rings (SSSR count). The van der Waals surface area contributed by atoms with Crippen LogP contribution in [0.1, 0.15) is 19.8 Å². The number of carbonyl (C=O) groups is 2. The third kappa shape index (κ3) is 7.20. The molecule has 8 nitrogen and oxygen atoms in total. The van der Waals surface area contributed by atoms with Gasteiger partial charge in [-0.3, -0.25) is 14.1 Å². The van der Waals surface area contributed by atoms with Crippen molar-refractivity contribution in [3.8, 4) is 0 Å². The predicted molar refractivity (Wildman–Crippen MR) is 63.4 cm³/mol. The maximum Gasteiger partial charge on any atom is 0.306 e. The standard InChI is InChI=1S/C9H18N2O6S/c1-2-6(9(13)14)5-7(10)8(12)11-3-4-18(15,16)17/h6-7H,2-5,10H2,1H3,(H,11,12)(H,13,14)(H,15,16,17)/t6?,7-/m0/s1. The highest BCUT2D eigenvalue weighted by atomic mass is 32.2. The summed E-state index contributed by atoms with van der Waals surface area (Å²) in [7, 11) is -4.14. The summed E-state index contributed by atoms with van der Waals surface area (Å²) in [5.41, 5.74) is 5.49. The lowest BCUT2D eigenvalue weighted by Gasteiger charge is -2.15. The number of rotatable bonds is 8. The molecule has 0 spiro atoms. The molecule has 0 aliphatic heterocycles. The van der Waals surface area contributed by atoms with E-state index in [1.807, 2.05) is 0 Å². The zero-order valence-electron chi connectivity index (χ0n) is 10.00. The molecular formula is C9H18N2O6S. The van der Waals surface area contributed by atoms with Crippen molar-refractivity contribution in [1.82, 2.24) is 5.32 Å². The lowest BCUT2D eigenvalue weighted by molar-refractivity contribution is -0.142. The van der Waals surface area contributed by atoms with Crippen LogP contribution < -0.4 is 11.1 Å². The number of amides is 1. The third-order valence-electron chi connectivity index (χ3n) is 2.38. The molecule has 0 radical (unpaired) electrons. The van der Waals surface area contributed by atoms with E-state index in [4.69, 9.17) is 15.4 Å². The fourth-order valence-electron chi connectivity index (χ4n) is 1.29. The van der Waals surface area contributed by atoms with E-state index >= 15 is 0 Å². The molecule has 0 saturated heterocycles. The average molecular weight is 282 g/mol. The largest absolute Gasteiger partial charge is 0.481 e. The van der Waals surface area contributed by atoms with Crippen molar-refractivity contribution in [3.05, 3.63) is 0 Å². The number of carboxylic acids is 1. The summed E-state index contributed by atoms with van der Waals surface area (Å²) in [6, 6.07) is -1.02. The molecule has 0 bridgehead atoms. The summed E-state index contributed by atoms with van der Waals surface area (Å²) in [6.07, 6.45) is 0.324. The first kappa shape index (κ1) is 16.8. The van der Waals surface area contributed by atoms with Crippen molar-refractivity contribution in [2.24, 2.45) is 11.7 Å². The molecular weight excluding hydrogens is 264 g/mol. The smallest absolute Gasteiger partial charge is 0.306 e. The van der Waals surface area contributed by atoms with E-state index in [0.29, 0.717) is 6.42 Å². The van der Waals surface area contributed by atoms with Gasteiger partial charge in [0.25, 0.3) is 10.1 Å². The van der Waals surface area contributed by atoms with Crippen LogP contribution in [-0.2, 0) is 19.7 Å². The first-order chi connectivity index (χ1) is 8.17. The molecule has 9 heteroatoms. The fourth-order valence-corrected chi connectivity index (χ4v) is 1.65. The van der Waals surface area contributed by atoms with Crippen LogP contribution in [0.15, 0.2) is 0 Å². The number of carbonyl (C=O) groups excluding carboxylic acids is 1. The molecule has 0 fully saturated rings. The molecule has 5 N–H and O–H groups in total. The Labute approximate surface area is 105 Å². The quantitative estimate of drug-likeness (QED) is 0.409. The minimum absolute atomic E-state index is 0.0243. The SMILES string of the molecule is CCC(C[C@H](N)C(=O)NCCS(=O)(=O)O)C(=O)O. The van der Waals surface area contributed by atoms with Crippen LogP contribution in [0.2, 0.25) is 0 Å². The van der Waals surface area contributed by atoms with E-state index in [-0.39, 0.29) is 13.0 Å². The lowest BCUT2D eigenvalue weighted by Crippen LogP contribution is -2.43. The van der Waals surface area contributed by atoms with Gasteiger partial charge in [-0.2, -0.15) is 8.42 Å². The van der Waals surface area contributed by atoms with Gasteiger partial charge in [-0.05, 0) is 12.8 Å². The molecule has 2 atom stereocenters. The first-order valence-corrected chi connectivity index (χ1v) is 6.99. The highest BCUT2D eigenvalue weighted by Gasteiger charge is 2.23. The van der Waals surface area contributed by atoms with Gasteiger partial charge in [0, 0.05) is 6.54 Å². The van der Waals surface area contributed by atoms with Crippen molar-refractivity contribution in [3.63, 3.8) is 0 Å². The Bertz CT molecular complexity index is 394. The van der Waals surface area contributed by atoms with Gasteiger partial charge in [-0.15, -0.1) is 0 Å². The molecule has 106 valence electrons. The zero-order valence-corrected chi connectivity index (χ0v) is 10.8. The Kier molecular flexibility index (Phi) is 6.81. The number of aliphatic carboxylic acids is 1. The van der Waals surface area contributed by atoms with Crippen molar-refractivity contribution < 1.29 is 27.7 Å². The third-order valence-corrected chi connectivity index (χ3v) is 3.10. The van der Waals surface area contributed by atoms with E-state index in [9.17, 15) is 18.0 Å². The summed E-state index contributed by atoms with van der Waals surface area (Å²) < 4.78 is 29.2. The van der Waals surface area contributed by atoms with Crippen LogP contribution in [0.4, 0.5) is 0 Å². The second-order valence-electron chi connectivity index (χ2n) is 3.86. The predicted octanol–water partition coefficient (Wildman–Crippen LogP) is -1.18. The van der Waals surface area contributed by atoms with Crippen LogP contribution in [0.25, 0.3) is 0 Å². The van der Waals surface area contributed by atoms with Gasteiger partial charge in [0.15, 0.2) is 0 Å². The van der Waals surface area contributed by atoms with E-state index in [0.717, 1.165) is 0 Å². The Hall–Kier alpha value is -1.19. The van der Waals surface area contributed by atoms with E-state index in [1.54, 1.807) is 6.92 Å². The van der Waals surface area contributed by atoms with Crippen LogP contribution in [0, 0.1) is 5.92 Å². The molecule has 0 aromatic carbocycles. The van der Waals surface area contributed by atoms with Gasteiger partial charge in [0.2, 0.25) is 5.91 Å². The summed E-state index contributed by atoms with van der Waals surface area (Å²) in [5.74, 6) is -2.99. The van der Waals surface area contributed by atoms with Gasteiger partial charge in [-0.1, -0.05) is 6.92 Å². The molecule has 1 amide bonds. The molecule has 1 unspecified atom stereocenters. The summed E-state index contributed by atoms with van der Waals surface area (Å²) in [5, 5.41) is 11.0. The second-order valence-corrected chi connectivity index (χ2v) is 5.43. The highest BCUT2D eigenvalue weighted by molar-refractivity contribution is 7.85. The number of carboxylic acid groups (broad SMARTS) is 1. The van der Waals surface area contributed by atoms with Gasteiger partial charge >= 0.3 is 5.97 Å². The van der Waals surface area contributed by atoms with E-state index < -0.39 is 39.7 Å². The van der Waals surface area contributed by atoms with Crippen molar-refractivity contribution in [2.75, 3.05) is 12.3 Å². The molecule has 0 aliphatic carbocycles. The fraction of sp³-hybridized carbons (Fsp3) is 0.778. The van der Waals surface area contributed by atoms with Gasteiger partial charge in [0.1, 0.15) is 0 Å². The van der Waals surface area contributed by atoms with Crippen LogP contribution in [-0.4, -0.2) is 48.3 Å². The van der Waals surface area contributed by atoms with Crippen molar-refractivity contribution >= 4 is 22.0 Å². The summed E-state index contributed by atoms with van der Waals surface area (Å²) in [4.78, 5) is 22.1. The molecule has 0 aromatic heterocycles. The molecule has 0 heterocycles. The normalized spacial score (nSPS) is 14.8. The molecule has 0 saturated carbocycles. The van der Waals surface area contributed by atoms with Crippen LogP contribution >= 0.6 is 0 Å². The number of nitrogens with two attached hydrogens (primary N) is 1. The summed E-state index contributed by atoms with van der Waals surface area (Å²) >= 11 is 0. The number of nitrogens with one attached hydrogen (secondary N) is 1. The van der Waals surface area contributed by atoms with Crippen LogP contribution in [0.5, 0.6) is 0 Å². The van der Waals surface area contributed by atoms with E-state index in [1.165, 1.54) is 0 Å². The van der Waals surface area contributed by atoms with Crippen molar-refractivity contribution in [2.45, 2.75) is 25.8 Å². The van der Waals surface area contributed by atoms with Crippen LogP contribution in [0.3, 0.4) is 0 Å². The Morgan fingerprint density at radius 2 is 1.94 bits per heavy atom. The minimum atomic E-state index is -4.14. The average Bonchev–Trinajstić information content (AvgIpc) is 2.22. The Morgan fingerprint density at radius 3 is 2.33 bits per heavy atom. The molecule has 0 aromatic rings. The highest BCUT2D eigenvalue weighted by Crippen LogP contribution is 2.10. The van der Waals surface area contributed by atoms with Gasteiger partial charge in [-0.25, -0.2) is 0 Å². The van der Waals surface area contributed by atoms with Gasteiger partial charge in [0.05, 0.1) is 17.7 Å². The molecule has 18 heavy (non-hydrogen) atoms. The summed E-state index contributed by atoms with van der Waals surface area (Å²) in [6.45, 7) is 1.40. The molecule has 0 aliphatic rings. The zero-order chi connectivity index (χ0) is 14.3.